The molecule has 0 amide bonds. The van der Waals surface area contributed by atoms with Gasteiger partial charge in [0.25, 0.3) is 0 Å². The summed E-state index contributed by atoms with van der Waals surface area (Å²) in [4.78, 5) is 12.0. The van der Waals surface area contributed by atoms with Crippen molar-refractivity contribution in [1.82, 2.24) is 15.0 Å². The Morgan fingerprint density at radius 3 is 2.77 bits per heavy atom. The Morgan fingerprint density at radius 1 is 1.38 bits per heavy atom. The maximum absolute atomic E-state index is 5.49. The summed E-state index contributed by atoms with van der Waals surface area (Å²) in [5.74, 6) is 0.816. The molecule has 6 heteroatoms. The second-order valence-electron chi connectivity index (χ2n) is 2.43. The van der Waals surface area contributed by atoms with Crippen LogP contribution in [0.15, 0.2) is 5.16 Å². The average Bonchev–Trinajstić information content (AvgIpc) is 2.14. The molecule has 0 aliphatic carbocycles. The van der Waals surface area contributed by atoms with Crippen molar-refractivity contribution in [3.63, 3.8) is 0 Å². The van der Waals surface area contributed by atoms with Gasteiger partial charge >= 0.3 is 0 Å². The predicted molar refractivity (Wildman–Crippen MR) is 54.8 cm³/mol. The van der Waals surface area contributed by atoms with Gasteiger partial charge in [0.1, 0.15) is 0 Å². The Hall–Kier alpha value is -1.04. The Labute approximate surface area is 81.6 Å². The highest BCUT2D eigenvalue weighted by Gasteiger charge is 2.01. The Balaban J connectivity index is 2.76. The van der Waals surface area contributed by atoms with E-state index in [1.807, 2.05) is 6.26 Å². The average molecular weight is 199 g/mol. The lowest BCUT2D eigenvalue weighted by molar-refractivity contribution is 0.888. The standard InChI is InChI=1S/C7H13N5S/c1-3-4-9-6-10-5(8)11-7(12-6)13-2/h3-4H2,1-2H3,(H3,8,9,10,11,12). The molecule has 1 aromatic rings. The monoisotopic (exact) mass is 199 g/mol. The van der Waals surface area contributed by atoms with E-state index in [0.717, 1.165) is 13.0 Å². The molecule has 13 heavy (non-hydrogen) atoms. The summed E-state index contributed by atoms with van der Waals surface area (Å²) < 4.78 is 0. The van der Waals surface area contributed by atoms with Crippen LogP contribution in [0.25, 0.3) is 0 Å². The van der Waals surface area contributed by atoms with Crippen LogP contribution in [0.1, 0.15) is 13.3 Å². The molecule has 0 atom stereocenters. The maximum atomic E-state index is 5.49. The van der Waals surface area contributed by atoms with Crippen molar-refractivity contribution in [1.29, 1.82) is 0 Å². The summed E-state index contributed by atoms with van der Waals surface area (Å²) in [7, 11) is 0. The molecule has 1 heterocycles. The number of hydrogen-bond acceptors (Lipinski definition) is 6. The number of thioether (sulfide) groups is 1. The van der Waals surface area contributed by atoms with Gasteiger partial charge in [-0.1, -0.05) is 18.7 Å². The van der Waals surface area contributed by atoms with Crippen LogP contribution in [0.3, 0.4) is 0 Å². The van der Waals surface area contributed by atoms with E-state index in [4.69, 9.17) is 5.73 Å². The molecule has 0 spiro atoms. The molecule has 0 saturated carbocycles. The van der Waals surface area contributed by atoms with Gasteiger partial charge in [-0.25, -0.2) is 0 Å². The molecule has 0 aromatic carbocycles. The second-order valence-corrected chi connectivity index (χ2v) is 3.20. The normalized spacial score (nSPS) is 10.0. The highest BCUT2D eigenvalue weighted by atomic mass is 32.2. The zero-order valence-corrected chi connectivity index (χ0v) is 8.56. The van der Waals surface area contributed by atoms with Crippen molar-refractivity contribution in [2.75, 3.05) is 23.9 Å². The van der Waals surface area contributed by atoms with E-state index in [0.29, 0.717) is 11.1 Å². The van der Waals surface area contributed by atoms with Gasteiger partial charge in [0.2, 0.25) is 11.9 Å². The zero-order chi connectivity index (χ0) is 9.68. The van der Waals surface area contributed by atoms with Crippen LogP contribution in [-0.2, 0) is 0 Å². The molecule has 0 fully saturated rings. The lowest BCUT2D eigenvalue weighted by Crippen LogP contribution is -2.08. The first-order valence-electron chi connectivity index (χ1n) is 4.05. The van der Waals surface area contributed by atoms with E-state index in [-0.39, 0.29) is 5.95 Å². The summed E-state index contributed by atoms with van der Waals surface area (Å²) in [6.07, 6.45) is 2.93. The molecular weight excluding hydrogens is 186 g/mol. The smallest absolute Gasteiger partial charge is 0.228 e. The quantitative estimate of drug-likeness (QED) is 0.704. The minimum atomic E-state index is 0.262. The van der Waals surface area contributed by atoms with Crippen LogP contribution in [0.5, 0.6) is 0 Å². The third-order valence-electron chi connectivity index (χ3n) is 1.35. The number of nitrogens with one attached hydrogen (secondary N) is 1. The number of nitrogens with zero attached hydrogens (tertiary/aromatic N) is 3. The number of hydrogen-bond donors (Lipinski definition) is 2. The largest absolute Gasteiger partial charge is 0.368 e. The van der Waals surface area contributed by atoms with Gasteiger partial charge in [0.15, 0.2) is 5.16 Å². The van der Waals surface area contributed by atoms with Crippen molar-refractivity contribution in [2.45, 2.75) is 18.5 Å². The second kappa shape index (κ2) is 4.86. The molecule has 1 aromatic heterocycles. The van der Waals surface area contributed by atoms with Gasteiger partial charge in [-0.15, -0.1) is 0 Å². The molecule has 1 rings (SSSR count). The minimum Gasteiger partial charge on any atom is -0.368 e. The number of nitrogen functional groups attached to an aromatic ring is 1. The van der Waals surface area contributed by atoms with Gasteiger partial charge < -0.3 is 11.1 Å². The third kappa shape index (κ3) is 3.06. The molecule has 0 bridgehead atoms. The third-order valence-corrected chi connectivity index (χ3v) is 1.90. The van der Waals surface area contributed by atoms with Gasteiger partial charge in [0.05, 0.1) is 0 Å². The maximum Gasteiger partial charge on any atom is 0.228 e. The Morgan fingerprint density at radius 2 is 2.15 bits per heavy atom. The van der Waals surface area contributed by atoms with E-state index in [1.165, 1.54) is 11.8 Å². The van der Waals surface area contributed by atoms with E-state index in [1.54, 1.807) is 0 Å². The summed E-state index contributed by atoms with van der Waals surface area (Å²) in [5.41, 5.74) is 5.49. The minimum absolute atomic E-state index is 0.262. The van der Waals surface area contributed by atoms with Crippen molar-refractivity contribution in [3.05, 3.63) is 0 Å². The fourth-order valence-corrected chi connectivity index (χ4v) is 1.14. The first-order valence-corrected chi connectivity index (χ1v) is 5.28. The van der Waals surface area contributed by atoms with Crippen LogP contribution in [-0.4, -0.2) is 27.8 Å². The summed E-state index contributed by atoms with van der Waals surface area (Å²) in [5, 5.41) is 3.70. The molecule has 0 saturated heterocycles. The van der Waals surface area contributed by atoms with Crippen molar-refractivity contribution < 1.29 is 0 Å². The summed E-state index contributed by atoms with van der Waals surface area (Å²) >= 11 is 1.45. The molecule has 0 radical (unpaired) electrons. The number of aromatic nitrogens is 3. The molecule has 0 aliphatic rings. The lowest BCUT2D eigenvalue weighted by atomic mass is 10.5. The summed E-state index contributed by atoms with van der Waals surface area (Å²) in [6.45, 7) is 2.92. The van der Waals surface area contributed by atoms with Gasteiger partial charge in [0, 0.05) is 6.54 Å². The molecule has 5 nitrogen and oxygen atoms in total. The van der Waals surface area contributed by atoms with Crippen molar-refractivity contribution in [2.24, 2.45) is 0 Å². The topological polar surface area (TPSA) is 76.7 Å². The molecule has 72 valence electrons. The van der Waals surface area contributed by atoms with Gasteiger partial charge in [-0.3, -0.25) is 0 Å². The molecule has 3 N–H and O–H groups in total. The van der Waals surface area contributed by atoms with E-state index in [2.05, 4.69) is 27.2 Å². The molecule has 0 aliphatic heterocycles. The molecular formula is C7H13N5S. The Kier molecular flexibility index (Phi) is 3.75. The first-order chi connectivity index (χ1) is 6.26. The van der Waals surface area contributed by atoms with E-state index in [9.17, 15) is 0 Å². The first kappa shape index (κ1) is 10.0. The molecule has 0 unspecified atom stereocenters. The Bertz CT molecular complexity index is 278. The predicted octanol–water partition coefficient (Wildman–Crippen LogP) is 0.998. The van der Waals surface area contributed by atoms with Gasteiger partial charge in [-0.2, -0.15) is 15.0 Å². The van der Waals surface area contributed by atoms with Crippen molar-refractivity contribution in [3.8, 4) is 0 Å². The number of nitrogens with two attached hydrogens (primary N) is 1. The fourth-order valence-electron chi connectivity index (χ4n) is 0.779. The zero-order valence-electron chi connectivity index (χ0n) is 7.74. The van der Waals surface area contributed by atoms with Crippen LogP contribution < -0.4 is 11.1 Å². The number of rotatable bonds is 4. The fraction of sp³-hybridized carbons (Fsp3) is 0.571. The van der Waals surface area contributed by atoms with Crippen LogP contribution in [0, 0.1) is 0 Å². The van der Waals surface area contributed by atoms with Crippen molar-refractivity contribution >= 4 is 23.7 Å². The van der Waals surface area contributed by atoms with E-state index < -0.39 is 0 Å². The van der Waals surface area contributed by atoms with Gasteiger partial charge in [-0.05, 0) is 12.7 Å². The van der Waals surface area contributed by atoms with Crippen LogP contribution in [0.2, 0.25) is 0 Å². The summed E-state index contributed by atoms with van der Waals surface area (Å²) in [6, 6.07) is 0. The SMILES string of the molecule is CCCNc1nc(N)nc(SC)n1. The lowest BCUT2D eigenvalue weighted by Gasteiger charge is -2.03. The highest BCUT2D eigenvalue weighted by Crippen LogP contribution is 2.11. The number of anilines is 2. The van der Waals surface area contributed by atoms with Crippen LogP contribution >= 0.6 is 11.8 Å². The van der Waals surface area contributed by atoms with E-state index >= 15 is 0 Å². The van der Waals surface area contributed by atoms with Crippen LogP contribution in [0.4, 0.5) is 11.9 Å². The highest BCUT2D eigenvalue weighted by molar-refractivity contribution is 7.98.